The summed E-state index contributed by atoms with van der Waals surface area (Å²) in [5.41, 5.74) is 2.55. The van der Waals surface area contributed by atoms with Crippen LogP contribution in [0, 0.1) is 6.92 Å². The van der Waals surface area contributed by atoms with Crippen LogP contribution < -0.4 is 10.1 Å². The van der Waals surface area contributed by atoms with Crippen molar-refractivity contribution >= 4 is 23.5 Å². The SMILES string of the molecule is C=CCSc1nnc(C)c(/C=C/Nc2ccc(OC)cc2)n1. The summed E-state index contributed by atoms with van der Waals surface area (Å²) >= 11 is 1.51. The largest absolute Gasteiger partial charge is 0.497 e. The number of hydrogen-bond acceptors (Lipinski definition) is 6. The first-order valence-electron chi connectivity index (χ1n) is 6.75. The number of nitrogens with zero attached hydrogens (tertiary/aromatic N) is 3. The van der Waals surface area contributed by atoms with Crippen LogP contribution in [0.1, 0.15) is 11.4 Å². The smallest absolute Gasteiger partial charge is 0.209 e. The molecule has 0 saturated carbocycles. The Bertz CT molecular complexity index is 656. The molecule has 1 heterocycles. The van der Waals surface area contributed by atoms with E-state index in [0.717, 1.165) is 28.6 Å². The molecule has 2 rings (SSSR count). The van der Waals surface area contributed by atoms with Crippen molar-refractivity contribution in [2.75, 3.05) is 18.2 Å². The molecule has 1 aromatic carbocycles. The zero-order valence-electron chi connectivity index (χ0n) is 12.6. The molecule has 0 atom stereocenters. The lowest BCUT2D eigenvalue weighted by molar-refractivity contribution is 0.415. The number of methoxy groups -OCH3 is 1. The molecule has 5 nitrogen and oxygen atoms in total. The Morgan fingerprint density at radius 2 is 2.05 bits per heavy atom. The van der Waals surface area contributed by atoms with E-state index in [1.807, 2.05) is 49.5 Å². The quantitative estimate of drug-likeness (QED) is 0.623. The van der Waals surface area contributed by atoms with Crippen LogP contribution in [0.15, 0.2) is 48.3 Å². The lowest BCUT2D eigenvalue weighted by atomic mass is 10.3. The molecule has 0 bridgehead atoms. The lowest BCUT2D eigenvalue weighted by Gasteiger charge is -2.04. The Morgan fingerprint density at radius 3 is 2.73 bits per heavy atom. The Hall–Kier alpha value is -2.34. The first-order chi connectivity index (χ1) is 10.7. The van der Waals surface area contributed by atoms with Crippen LogP contribution in [0.25, 0.3) is 6.08 Å². The zero-order valence-corrected chi connectivity index (χ0v) is 13.4. The lowest BCUT2D eigenvalue weighted by Crippen LogP contribution is -1.99. The highest BCUT2D eigenvalue weighted by Gasteiger charge is 2.02. The van der Waals surface area contributed by atoms with Gasteiger partial charge in [-0.05, 0) is 37.3 Å². The topological polar surface area (TPSA) is 59.9 Å². The molecule has 0 amide bonds. The van der Waals surface area contributed by atoms with Gasteiger partial charge in [-0.25, -0.2) is 4.98 Å². The molecule has 0 unspecified atom stereocenters. The minimum atomic E-state index is 0.648. The summed E-state index contributed by atoms with van der Waals surface area (Å²) in [6, 6.07) is 7.69. The maximum Gasteiger partial charge on any atom is 0.209 e. The molecule has 6 heteroatoms. The molecule has 0 aliphatic heterocycles. The third kappa shape index (κ3) is 4.60. The van der Waals surface area contributed by atoms with Gasteiger partial charge in [0.1, 0.15) is 5.75 Å². The third-order valence-corrected chi connectivity index (χ3v) is 3.62. The Balaban J connectivity index is 2.03. The fourth-order valence-corrected chi connectivity index (χ4v) is 2.16. The summed E-state index contributed by atoms with van der Waals surface area (Å²) in [4.78, 5) is 4.46. The molecular weight excluding hydrogens is 296 g/mol. The van der Waals surface area contributed by atoms with Gasteiger partial charge in [0.15, 0.2) is 0 Å². The second-order valence-corrected chi connectivity index (χ2v) is 5.36. The minimum Gasteiger partial charge on any atom is -0.497 e. The van der Waals surface area contributed by atoms with Crippen molar-refractivity contribution < 1.29 is 4.74 Å². The van der Waals surface area contributed by atoms with Crippen LogP contribution >= 0.6 is 11.8 Å². The van der Waals surface area contributed by atoms with E-state index in [-0.39, 0.29) is 0 Å². The van der Waals surface area contributed by atoms with Crippen molar-refractivity contribution in [3.8, 4) is 5.75 Å². The Labute approximate surface area is 134 Å². The second-order valence-electron chi connectivity index (χ2n) is 4.37. The molecule has 0 saturated heterocycles. The molecule has 0 fully saturated rings. The number of aryl methyl sites for hydroxylation is 1. The number of aromatic nitrogens is 3. The maximum absolute atomic E-state index is 5.12. The summed E-state index contributed by atoms with van der Waals surface area (Å²) < 4.78 is 5.12. The van der Waals surface area contributed by atoms with Gasteiger partial charge < -0.3 is 10.1 Å². The molecule has 22 heavy (non-hydrogen) atoms. The highest BCUT2D eigenvalue weighted by atomic mass is 32.2. The minimum absolute atomic E-state index is 0.648. The van der Waals surface area contributed by atoms with Gasteiger partial charge in [0.2, 0.25) is 5.16 Å². The summed E-state index contributed by atoms with van der Waals surface area (Å²) in [7, 11) is 1.65. The maximum atomic E-state index is 5.12. The summed E-state index contributed by atoms with van der Waals surface area (Å²) in [6.07, 6.45) is 5.53. The highest BCUT2D eigenvalue weighted by molar-refractivity contribution is 7.99. The van der Waals surface area contributed by atoms with Gasteiger partial charge in [0.05, 0.1) is 18.5 Å². The average molecular weight is 314 g/mol. The van der Waals surface area contributed by atoms with Crippen LogP contribution in [0.4, 0.5) is 5.69 Å². The van der Waals surface area contributed by atoms with Crippen molar-refractivity contribution in [1.29, 1.82) is 0 Å². The predicted octanol–water partition coefficient (Wildman–Crippen LogP) is 3.55. The second kappa shape index (κ2) is 8.19. The molecule has 0 aliphatic carbocycles. The number of thioether (sulfide) groups is 1. The van der Waals surface area contributed by atoms with E-state index in [4.69, 9.17) is 4.74 Å². The van der Waals surface area contributed by atoms with Crippen LogP contribution in [-0.4, -0.2) is 28.0 Å². The molecule has 0 spiro atoms. The van der Waals surface area contributed by atoms with E-state index in [9.17, 15) is 0 Å². The Morgan fingerprint density at radius 1 is 1.27 bits per heavy atom. The van der Waals surface area contributed by atoms with E-state index >= 15 is 0 Å². The third-order valence-electron chi connectivity index (χ3n) is 2.78. The number of ether oxygens (including phenoxy) is 1. The average Bonchev–Trinajstić information content (AvgIpc) is 2.56. The number of rotatable bonds is 7. The highest BCUT2D eigenvalue weighted by Crippen LogP contribution is 2.16. The van der Waals surface area contributed by atoms with Crippen molar-refractivity contribution in [2.45, 2.75) is 12.1 Å². The van der Waals surface area contributed by atoms with Crippen molar-refractivity contribution in [3.63, 3.8) is 0 Å². The number of nitrogens with one attached hydrogen (secondary N) is 1. The zero-order chi connectivity index (χ0) is 15.8. The molecule has 1 N–H and O–H groups in total. The van der Waals surface area contributed by atoms with Gasteiger partial charge in [-0.1, -0.05) is 17.8 Å². The van der Waals surface area contributed by atoms with Gasteiger partial charge in [0.25, 0.3) is 0 Å². The van der Waals surface area contributed by atoms with Crippen molar-refractivity contribution in [1.82, 2.24) is 15.2 Å². The van der Waals surface area contributed by atoms with Gasteiger partial charge >= 0.3 is 0 Å². The van der Waals surface area contributed by atoms with E-state index in [0.29, 0.717) is 5.16 Å². The van der Waals surface area contributed by atoms with Gasteiger partial charge in [-0.3, -0.25) is 0 Å². The van der Waals surface area contributed by atoms with Gasteiger partial charge in [-0.15, -0.1) is 11.7 Å². The fraction of sp³-hybridized carbons (Fsp3) is 0.188. The van der Waals surface area contributed by atoms with Crippen LogP contribution in [-0.2, 0) is 0 Å². The first kappa shape index (κ1) is 16.0. The number of benzene rings is 1. The summed E-state index contributed by atoms with van der Waals surface area (Å²) in [5, 5.41) is 12.0. The molecular formula is C16H18N4OS. The number of anilines is 1. The van der Waals surface area contributed by atoms with Gasteiger partial charge in [0, 0.05) is 17.6 Å². The van der Waals surface area contributed by atoms with Crippen LogP contribution in [0.3, 0.4) is 0 Å². The molecule has 0 aliphatic rings. The predicted molar refractivity (Wildman–Crippen MR) is 91.1 cm³/mol. The first-order valence-corrected chi connectivity index (χ1v) is 7.73. The molecule has 0 radical (unpaired) electrons. The monoisotopic (exact) mass is 314 g/mol. The molecule has 1 aromatic heterocycles. The summed E-state index contributed by atoms with van der Waals surface area (Å²) in [5.74, 6) is 1.59. The molecule has 2 aromatic rings. The standard InChI is InChI=1S/C16H18N4OS/c1-4-11-22-16-18-15(12(2)19-20-16)9-10-17-13-5-7-14(21-3)8-6-13/h4-10,17H,1,11H2,2-3H3/b10-9+. The normalized spacial score (nSPS) is 10.6. The fourth-order valence-electron chi connectivity index (χ4n) is 1.63. The van der Waals surface area contributed by atoms with Crippen LogP contribution in [0.5, 0.6) is 5.75 Å². The Kier molecular flexibility index (Phi) is 5.97. The van der Waals surface area contributed by atoms with Gasteiger partial charge in [-0.2, -0.15) is 5.10 Å². The van der Waals surface area contributed by atoms with E-state index in [1.54, 1.807) is 7.11 Å². The van der Waals surface area contributed by atoms with Crippen LogP contribution in [0.2, 0.25) is 0 Å². The molecule has 114 valence electrons. The van der Waals surface area contributed by atoms with Crippen molar-refractivity contribution in [2.24, 2.45) is 0 Å². The van der Waals surface area contributed by atoms with E-state index in [2.05, 4.69) is 27.1 Å². The number of hydrogen-bond donors (Lipinski definition) is 1. The van der Waals surface area contributed by atoms with E-state index in [1.165, 1.54) is 11.8 Å². The summed E-state index contributed by atoms with van der Waals surface area (Å²) in [6.45, 7) is 5.57. The van der Waals surface area contributed by atoms with Crippen molar-refractivity contribution in [3.05, 3.63) is 54.5 Å². The van der Waals surface area contributed by atoms with E-state index < -0.39 is 0 Å².